The van der Waals surface area contributed by atoms with E-state index >= 15 is 0 Å². The highest BCUT2D eigenvalue weighted by Gasteiger charge is 2.42. The normalized spacial score (nSPS) is 17.0. The average Bonchev–Trinajstić information content (AvgIpc) is 3.07. The van der Waals surface area contributed by atoms with E-state index in [9.17, 15) is 21.6 Å². The standard InChI is InChI=1S/C16H17F3N2O2S2/c17-16(18,19)15-13(25(20,22)23)4-3-11(12-2-1-9-24-12)14(15)10-5-7-21-8-6-10/h1-4,9-10,21H,5-8H2,(H2,20,22,23). The van der Waals surface area contributed by atoms with Crippen molar-refractivity contribution in [3.63, 3.8) is 0 Å². The lowest BCUT2D eigenvalue weighted by Crippen LogP contribution is -2.29. The highest BCUT2D eigenvalue weighted by Crippen LogP contribution is 2.46. The van der Waals surface area contributed by atoms with E-state index in [-0.39, 0.29) is 11.5 Å². The summed E-state index contributed by atoms with van der Waals surface area (Å²) >= 11 is 1.32. The zero-order valence-corrected chi connectivity index (χ0v) is 14.8. The first-order valence-electron chi connectivity index (χ1n) is 7.71. The van der Waals surface area contributed by atoms with Crippen LogP contribution in [-0.2, 0) is 16.2 Å². The molecular weight excluding hydrogens is 373 g/mol. The summed E-state index contributed by atoms with van der Waals surface area (Å²) in [4.78, 5) is -0.172. The summed E-state index contributed by atoms with van der Waals surface area (Å²) in [5.41, 5.74) is -0.641. The first-order chi connectivity index (χ1) is 11.7. The summed E-state index contributed by atoms with van der Waals surface area (Å²) in [6.45, 7) is 1.18. The third-order valence-corrected chi connectivity index (χ3v) is 6.19. The lowest BCUT2D eigenvalue weighted by molar-refractivity contribution is -0.140. The maximum atomic E-state index is 13.9. The molecule has 136 valence electrons. The molecule has 0 aliphatic carbocycles. The second kappa shape index (κ2) is 6.71. The first kappa shape index (κ1) is 18.4. The number of rotatable bonds is 3. The summed E-state index contributed by atoms with van der Waals surface area (Å²) in [6.07, 6.45) is -3.79. The molecule has 1 aromatic carbocycles. The van der Waals surface area contributed by atoms with Gasteiger partial charge in [0.05, 0.1) is 10.5 Å². The molecule has 1 fully saturated rings. The lowest BCUT2D eigenvalue weighted by atomic mass is 9.83. The Morgan fingerprint density at radius 3 is 2.36 bits per heavy atom. The lowest BCUT2D eigenvalue weighted by Gasteiger charge is -2.29. The molecular formula is C16H17F3N2O2S2. The molecule has 9 heteroatoms. The molecule has 3 N–H and O–H groups in total. The van der Waals surface area contributed by atoms with E-state index in [0.717, 1.165) is 6.07 Å². The van der Waals surface area contributed by atoms with Crippen molar-refractivity contribution in [2.75, 3.05) is 13.1 Å². The second-order valence-electron chi connectivity index (χ2n) is 5.94. The number of benzene rings is 1. The molecule has 1 aliphatic heterocycles. The van der Waals surface area contributed by atoms with Gasteiger partial charge in [-0.25, -0.2) is 13.6 Å². The number of nitrogens with two attached hydrogens (primary N) is 1. The van der Waals surface area contributed by atoms with Gasteiger partial charge in [-0.3, -0.25) is 0 Å². The van der Waals surface area contributed by atoms with Crippen LogP contribution in [0.4, 0.5) is 13.2 Å². The Hall–Kier alpha value is -1.42. The van der Waals surface area contributed by atoms with Crippen LogP contribution in [0, 0.1) is 0 Å². The molecule has 0 unspecified atom stereocenters. The van der Waals surface area contributed by atoms with Crippen LogP contribution in [-0.4, -0.2) is 21.5 Å². The van der Waals surface area contributed by atoms with Crippen molar-refractivity contribution >= 4 is 21.4 Å². The number of piperidine rings is 1. The number of nitrogens with one attached hydrogen (secondary N) is 1. The predicted octanol–water partition coefficient (Wildman–Crippen LogP) is 3.55. The molecule has 3 rings (SSSR count). The number of halogens is 3. The molecule has 0 bridgehead atoms. The van der Waals surface area contributed by atoms with Gasteiger partial charge >= 0.3 is 6.18 Å². The van der Waals surface area contributed by atoms with Crippen molar-refractivity contribution < 1.29 is 21.6 Å². The number of hydrogen-bond acceptors (Lipinski definition) is 4. The van der Waals surface area contributed by atoms with Crippen LogP contribution < -0.4 is 10.5 Å². The topological polar surface area (TPSA) is 72.2 Å². The third-order valence-electron chi connectivity index (χ3n) is 4.33. The van der Waals surface area contributed by atoms with Crippen molar-refractivity contribution in [2.24, 2.45) is 5.14 Å². The van der Waals surface area contributed by atoms with Crippen molar-refractivity contribution in [2.45, 2.75) is 29.8 Å². The fourth-order valence-corrected chi connectivity index (χ4v) is 4.84. The summed E-state index contributed by atoms with van der Waals surface area (Å²) in [5.74, 6) is -0.378. The largest absolute Gasteiger partial charge is 0.418 e. The Kier molecular flexibility index (Phi) is 4.93. The van der Waals surface area contributed by atoms with E-state index < -0.39 is 26.7 Å². The van der Waals surface area contributed by atoms with E-state index in [2.05, 4.69) is 5.32 Å². The number of thiophene rings is 1. The Balaban J connectivity index is 2.35. The minimum atomic E-state index is -4.81. The number of alkyl halides is 3. The highest BCUT2D eigenvalue weighted by atomic mass is 32.2. The molecule has 4 nitrogen and oxygen atoms in total. The number of primary sulfonamides is 1. The van der Waals surface area contributed by atoms with Gasteiger partial charge in [0.1, 0.15) is 0 Å². The molecule has 0 radical (unpaired) electrons. The minimum Gasteiger partial charge on any atom is -0.317 e. The Bertz CT molecular complexity index is 856. The monoisotopic (exact) mass is 390 g/mol. The molecule has 0 atom stereocenters. The van der Waals surface area contributed by atoms with Gasteiger partial charge in [-0.05, 0) is 60.5 Å². The molecule has 0 amide bonds. The Morgan fingerprint density at radius 2 is 1.84 bits per heavy atom. The first-order valence-corrected chi connectivity index (χ1v) is 10.1. The molecule has 1 saturated heterocycles. The smallest absolute Gasteiger partial charge is 0.317 e. The van der Waals surface area contributed by atoms with Crippen LogP contribution in [0.15, 0.2) is 34.5 Å². The molecule has 2 aromatic rings. The molecule has 25 heavy (non-hydrogen) atoms. The summed E-state index contributed by atoms with van der Waals surface area (Å²) in [5, 5.41) is 9.98. The quantitative estimate of drug-likeness (QED) is 0.842. The van der Waals surface area contributed by atoms with Gasteiger partial charge in [0.15, 0.2) is 0 Å². The SMILES string of the molecule is NS(=O)(=O)c1ccc(-c2cccs2)c(C2CCNCC2)c1C(F)(F)F. The molecule has 0 spiro atoms. The van der Waals surface area contributed by atoms with Crippen LogP contribution >= 0.6 is 11.3 Å². The number of sulfonamides is 1. The van der Waals surface area contributed by atoms with Gasteiger partial charge in [0, 0.05) is 4.88 Å². The van der Waals surface area contributed by atoms with E-state index in [1.807, 2.05) is 0 Å². The maximum Gasteiger partial charge on any atom is 0.418 e. The van der Waals surface area contributed by atoms with Crippen molar-refractivity contribution in [3.05, 3.63) is 40.8 Å². The fourth-order valence-electron chi connectivity index (χ4n) is 3.31. The molecule has 1 aliphatic rings. The maximum absolute atomic E-state index is 13.9. The van der Waals surface area contributed by atoms with Crippen LogP contribution in [0.2, 0.25) is 0 Å². The molecule has 1 aromatic heterocycles. The zero-order chi connectivity index (χ0) is 18.2. The van der Waals surface area contributed by atoms with Gasteiger partial charge in [-0.15, -0.1) is 11.3 Å². The van der Waals surface area contributed by atoms with Gasteiger partial charge in [-0.1, -0.05) is 12.1 Å². The van der Waals surface area contributed by atoms with Crippen LogP contribution in [0.1, 0.15) is 29.9 Å². The Morgan fingerprint density at radius 1 is 1.16 bits per heavy atom. The fraction of sp³-hybridized carbons (Fsp3) is 0.375. The average molecular weight is 390 g/mol. The van der Waals surface area contributed by atoms with Crippen molar-refractivity contribution in [3.8, 4) is 10.4 Å². The second-order valence-corrected chi connectivity index (χ2v) is 8.42. The predicted molar refractivity (Wildman–Crippen MR) is 91.0 cm³/mol. The van der Waals surface area contributed by atoms with Crippen LogP contribution in [0.5, 0.6) is 0 Å². The van der Waals surface area contributed by atoms with Gasteiger partial charge in [-0.2, -0.15) is 13.2 Å². The van der Waals surface area contributed by atoms with Crippen molar-refractivity contribution in [1.82, 2.24) is 5.32 Å². The van der Waals surface area contributed by atoms with Gasteiger partial charge < -0.3 is 5.32 Å². The van der Waals surface area contributed by atoms with Crippen molar-refractivity contribution in [1.29, 1.82) is 0 Å². The van der Waals surface area contributed by atoms with E-state index in [1.54, 1.807) is 17.5 Å². The van der Waals surface area contributed by atoms with Crippen LogP contribution in [0.3, 0.4) is 0 Å². The van der Waals surface area contributed by atoms with Gasteiger partial charge in [0.25, 0.3) is 0 Å². The molecule has 2 heterocycles. The minimum absolute atomic E-state index is 0.0444. The summed E-state index contributed by atoms with van der Waals surface area (Å²) in [6, 6.07) is 5.91. The summed E-state index contributed by atoms with van der Waals surface area (Å²) < 4.78 is 65.3. The number of hydrogen-bond donors (Lipinski definition) is 2. The zero-order valence-electron chi connectivity index (χ0n) is 13.1. The van der Waals surface area contributed by atoms with Crippen LogP contribution in [0.25, 0.3) is 10.4 Å². The summed E-state index contributed by atoms with van der Waals surface area (Å²) in [7, 11) is -4.50. The Labute approximate surface area is 147 Å². The van der Waals surface area contributed by atoms with E-state index in [0.29, 0.717) is 36.4 Å². The van der Waals surface area contributed by atoms with E-state index in [1.165, 1.54) is 17.4 Å². The highest BCUT2D eigenvalue weighted by molar-refractivity contribution is 7.89. The van der Waals surface area contributed by atoms with E-state index in [4.69, 9.17) is 5.14 Å². The third kappa shape index (κ3) is 3.74. The molecule has 0 saturated carbocycles. The van der Waals surface area contributed by atoms with Gasteiger partial charge in [0.2, 0.25) is 10.0 Å².